The molecule has 1 aromatic rings. The molecule has 0 spiro atoms. The quantitative estimate of drug-likeness (QED) is 0.675. The standard InChI is InChI=1S/C14H19N/c1-11-10-15-9-5-8-13(15)14(11)12-6-3-2-4-7-12/h2-4,6-7,11,13-14H,5,8-10H2,1H3. The summed E-state index contributed by atoms with van der Waals surface area (Å²) in [5, 5.41) is 0. The normalized spacial score (nSPS) is 35.7. The van der Waals surface area contributed by atoms with Crippen molar-refractivity contribution in [3.8, 4) is 0 Å². The van der Waals surface area contributed by atoms with E-state index in [9.17, 15) is 0 Å². The van der Waals surface area contributed by atoms with Crippen LogP contribution in [-0.4, -0.2) is 24.0 Å². The molecule has 2 heterocycles. The molecule has 0 radical (unpaired) electrons. The predicted octanol–water partition coefficient (Wildman–Crippen LogP) is 2.88. The van der Waals surface area contributed by atoms with Gasteiger partial charge in [-0.25, -0.2) is 0 Å². The van der Waals surface area contributed by atoms with Gasteiger partial charge in [-0.2, -0.15) is 0 Å². The highest BCUT2D eigenvalue weighted by Crippen LogP contribution is 2.42. The van der Waals surface area contributed by atoms with Crippen LogP contribution in [0, 0.1) is 5.92 Å². The number of rotatable bonds is 1. The highest BCUT2D eigenvalue weighted by atomic mass is 15.2. The van der Waals surface area contributed by atoms with Crippen LogP contribution in [-0.2, 0) is 0 Å². The minimum atomic E-state index is 0.786. The molecule has 0 aliphatic carbocycles. The fraction of sp³-hybridized carbons (Fsp3) is 0.571. The van der Waals surface area contributed by atoms with Crippen molar-refractivity contribution in [1.82, 2.24) is 4.90 Å². The Balaban J connectivity index is 1.91. The number of nitrogens with zero attached hydrogens (tertiary/aromatic N) is 1. The molecule has 1 nitrogen and oxygen atoms in total. The van der Waals surface area contributed by atoms with Crippen molar-refractivity contribution in [3.63, 3.8) is 0 Å². The third kappa shape index (κ3) is 1.50. The topological polar surface area (TPSA) is 3.24 Å². The van der Waals surface area contributed by atoms with Gasteiger partial charge in [0.15, 0.2) is 0 Å². The first-order valence-corrected chi connectivity index (χ1v) is 6.15. The lowest BCUT2D eigenvalue weighted by Crippen LogP contribution is -2.25. The van der Waals surface area contributed by atoms with Gasteiger partial charge in [0.1, 0.15) is 0 Å². The van der Waals surface area contributed by atoms with Crippen molar-refractivity contribution in [2.75, 3.05) is 13.1 Å². The first-order valence-electron chi connectivity index (χ1n) is 6.15. The van der Waals surface area contributed by atoms with Gasteiger partial charge in [0.2, 0.25) is 0 Å². The van der Waals surface area contributed by atoms with Crippen LogP contribution in [0.2, 0.25) is 0 Å². The first-order chi connectivity index (χ1) is 7.36. The summed E-state index contributed by atoms with van der Waals surface area (Å²) < 4.78 is 0. The molecule has 2 saturated heterocycles. The van der Waals surface area contributed by atoms with E-state index in [1.807, 2.05) is 0 Å². The van der Waals surface area contributed by atoms with E-state index in [0.717, 1.165) is 17.9 Å². The van der Waals surface area contributed by atoms with Gasteiger partial charge in [0.25, 0.3) is 0 Å². The van der Waals surface area contributed by atoms with E-state index in [-0.39, 0.29) is 0 Å². The minimum absolute atomic E-state index is 0.786. The average Bonchev–Trinajstić information content (AvgIpc) is 2.78. The summed E-state index contributed by atoms with van der Waals surface area (Å²) in [7, 11) is 0. The van der Waals surface area contributed by atoms with Crippen LogP contribution < -0.4 is 0 Å². The van der Waals surface area contributed by atoms with E-state index in [1.165, 1.54) is 25.9 Å². The molecule has 2 fully saturated rings. The molecule has 2 aliphatic heterocycles. The van der Waals surface area contributed by atoms with Crippen molar-refractivity contribution in [3.05, 3.63) is 35.9 Å². The Kier molecular flexibility index (Phi) is 2.28. The molecule has 0 aromatic heterocycles. The van der Waals surface area contributed by atoms with Gasteiger partial charge in [-0.15, -0.1) is 0 Å². The van der Waals surface area contributed by atoms with Crippen LogP contribution >= 0.6 is 0 Å². The Morgan fingerprint density at radius 2 is 2.00 bits per heavy atom. The van der Waals surface area contributed by atoms with E-state index in [0.29, 0.717) is 0 Å². The molecule has 3 atom stereocenters. The molecule has 15 heavy (non-hydrogen) atoms. The molecule has 80 valence electrons. The summed E-state index contributed by atoms with van der Waals surface area (Å²) in [6.07, 6.45) is 2.81. The second-order valence-electron chi connectivity index (χ2n) is 5.12. The monoisotopic (exact) mass is 201 g/mol. The zero-order valence-corrected chi connectivity index (χ0v) is 9.39. The zero-order valence-electron chi connectivity index (χ0n) is 9.39. The van der Waals surface area contributed by atoms with Crippen LogP contribution in [0.15, 0.2) is 30.3 Å². The van der Waals surface area contributed by atoms with E-state index < -0.39 is 0 Å². The molecular formula is C14H19N. The Labute approximate surface area is 92.1 Å². The van der Waals surface area contributed by atoms with Gasteiger partial charge < -0.3 is 0 Å². The van der Waals surface area contributed by atoms with Crippen molar-refractivity contribution < 1.29 is 0 Å². The Bertz CT molecular complexity index is 332. The van der Waals surface area contributed by atoms with Crippen molar-refractivity contribution >= 4 is 0 Å². The van der Waals surface area contributed by atoms with Crippen molar-refractivity contribution in [2.24, 2.45) is 5.92 Å². The fourth-order valence-electron chi connectivity index (χ4n) is 3.57. The summed E-state index contributed by atoms with van der Waals surface area (Å²) in [4.78, 5) is 2.70. The number of benzene rings is 1. The second-order valence-corrected chi connectivity index (χ2v) is 5.12. The van der Waals surface area contributed by atoms with Crippen molar-refractivity contribution in [2.45, 2.75) is 31.7 Å². The number of fused-ring (bicyclic) bond motifs is 1. The van der Waals surface area contributed by atoms with Gasteiger partial charge in [0.05, 0.1) is 0 Å². The summed E-state index contributed by atoms with van der Waals surface area (Å²) in [6, 6.07) is 11.9. The van der Waals surface area contributed by atoms with Crippen LogP contribution in [0.5, 0.6) is 0 Å². The molecule has 0 saturated carbocycles. The van der Waals surface area contributed by atoms with Gasteiger partial charge >= 0.3 is 0 Å². The maximum atomic E-state index is 2.70. The van der Waals surface area contributed by atoms with Crippen molar-refractivity contribution in [1.29, 1.82) is 0 Å². The van der Waals surface area contributed by atoms with Crippen LogP contribution in [0.3, 0.4) is 0 Å². The highest BCUT2D eigenvalue weighted by Gasteiger charge is 2.42. The van der Waals surface area contributed by atoms with Crippen LogP contribution in [0.25, 0.3) is 0 Å². The van der Waals surface area contributed by atoms with Gasteiger partial charge in [0, 0.05) is 18.5 Å². The van der Waals surface area contributed by atoms with E-state index in [4.69, 9.17) is 0 Å². The van der Waals surface area contributed by atoms with E-state index >= 15 is 0 Å². The van der Waals surface area contributed by atoms with Crippen LogP contribution in [0.4, 0.5) is 0 Å². The number of hydrogen-bond donors (Lipinski definition) is 0. The summed E-state index contributed by atoms with van der Waals surface area (Å²) in [5.74, 6) is 1.62. The Hall–Kier alpha value is -0.820. The highest BCUT2D eigenvalue weighted by molar-refractivity contribution is 5.24. The lowest BCUT2D eigenvalue weighted by Gasteiger charge is -2.22. The molecule has 0 N–H and O–H groups in total. The Morgan fingerprint density at radius 1 is 1.20 bits per heavy atom. The summed E-state index contributed by atoms with van der Waals surface area (Å²) >= 11 is 0. The predicted molar refractivity (Wildman–Crippen MR) is 62.9 cm³/mol. The van der Waals surface area contributed by atoms with E-state index in [1.54, 1.807) is 5.56 Å². The lowest BCUT2D eigenvalue weighted by molar-refractivity contribution is 0.312. The molecular weight excluding hydrogens is 182 g/mol. The molecule has 2 aliphatic rings. The zero-order chi connectivity index (χ0) is 10.3. The first kappa shape index (κ1) is 9.41. The summed E-state index contributed by atoms with van der Waals surface area (Å²) in [5.41, 5.74) is 1.56. The maximum absolute atomic E-state index is 2.70. The fourth-order valence-corrected chi connectivity index (χ4v) is 3.57. The van der Waals surface area contributed by atoms with Gasteiger partial charge in [-0.05, 0) is 30.9 Å². The largest absolute Gasteiger partial charge is 0.299 e. The van der Waals surface area contributed by atoms with Crippen LogP contribution in [0.1, 0.15) is 31.2 Å². The molecule has 1 aromatic carbocycles. The SMILES string of the molecule is CC1CN2CCCC2C1c1ccccc1. The molecule has 3 rings (SSSR count). The van der Waals surface area contributed by atoms with E-state index in [2.05, 4.69) is 42.2 Å². The number of hydrogen-bond acceptors (Lipinski definition) is 1. The summed E-state index contributed by atoms with van der Waals surface area (Å²) in [6.45, 7) is 5.05. The maximum Gasteiger partial charge on any atom is 0.0168 e. The third-order valence-electron chi connectivity index (χ3n) is 4.15. The molecule has 0 bridgehead atoms. The van der Waals surface area contributed by atoms with Gasteiger partial charge in [-0.1, -0.05) is 37.3 Å². The average molecular weight is 201 g/mol. The minimum Gasteiger partial charge on any atom is -0.299 e. The van der Waals surface area contributed by atoms with Gasteiger partial charge in [-0.3, -0.25) is 4.90 Å². The lowest BCUT2D eigenvalue weighted by atomic mass is 9.84. The molecule has 0 amide bonds. The third-order valence-corrected chi connectivity index (χ3v) is 4.15. The Morgan fingerprint density at radius 3 is 2.80 bits per heavy atom. The second kappa shape index (κ2) is 3.64. The smallest absolute Gasteiger partial charge is 0.0168 e. The molecule has 3 unspecified atom stereocenters. The molecule has 1 heteroatoms.